The minimum absolute atomic E-state index is 0.0341. The molecule has 3 aromatic rings. The lowest BCUT2D eigenvalue weighted by Gasteiger charge is -2.34. The van der Waals surface area contributed by atoms with Crippen LogP contribution in [0.4, 0.5) is 14.5 Å². The molecule has 0 spiro atoms. The molecule has 1 N–H and O–H groups in total. The van der Waals surface area contributed by atoms with Gasteiger partial charge in [0.15, 0.2) is 17.4 Å². The SMILES string of the molecule is CC(C)N1CCOc2c(F)cc(-c3nc(Cc4ccc(C5CCN(C(=O)CO)CC5)cn4)ncc3F)cc21. The fourth-order valence-electron chi connectivity index (χ4n) is 5.17. The Labute approximate surface area is 220 Å². The second-order valence-electron chi connectivity index (χ2n) is 10.00. The Balaban J connectivity index is 1.33. The number of rotatable bonds is 6. The zero-order valence-corrected chi connectivity index (χ0v) is 21.5. The average Bonchev–Trinajstić information content (AvgIpc) is 2.93. The van der Waals surface area contributed by atoms with Crippen molar-refractivity contribution in [1.29, 1.82) is 0 Å². The van der Waals surface area contributed by atoms with Crippen LogP contribution in [-0.2, 0) is 11.2 Å². The molecular formula is C28H31F2N5O3. The van der Waals surface area contributed by atoms with Crippen molar-refractivity contribution in [2.24, 2.45) is 0 Å². The number of aliphatic hydroxyl groups excluding tert-OH is 1. The number of benzene rings is 1. The number of amides is 1. The molecule has 1 aromatic carbocycles. The monoisotopic (exact) mass is 523 g/mol. The van der Waals surface area contributed by atoms with Crippen LogP contribution < -0.4 is 9.64 Å². The van der Waals surface area contributed by atoms with Gasteiger partial charge in [-0.3, -0.25) is 9.78 Å². The molecule has 2 aliphatic heterocycles. The van der Waals surface area contributed by atoms with Crippen molar-refractivity contribution in [2.75, 3.05) is 37.7 Å². The van der Waals surface area contributed by atoms with Crippen LogP contribution in [0.1, 0.15) is 49.7 Å². The quantitative estimate of drug-likeness (QED) is 0.527. The molecule has 5 rings (SSSR count). The standard InChI is InChI=1S/C28H31F2N5O3/c1-17(2)35-9-10-38-28-22(29)11-20(12-24(28)35)27-23(30)15-32-25(33-27)13-21-4-3-19(14-31-21)18-5-7-34(8-6-18)26(37)16-36/h3-4,11-12,14-15,17-18,36H,5-10,13,16H2,1-2H3. The predicted molar refractivity (Wildman–Crippen MR) is 138 cm³/mol. The molecule has 200 valence electrons. The van der Waals surface area contributed by atoms with Crippen molar-refractivity contribution in [1.82, 2.24) is 19.9 Å². The molecular weight excluding hydrogens is 492 g/mol. The van der Waals surface area contributed by atoms with E-state index in [1.165, 1.54) is 6.07 Å². The first kappa shape index (κ1) is 26.0. The summed E-state index contributed by atoms with van der Waals surface area (Å²) in [5.41, 5.74) is 2.77. The minimum atomic E-state index is -0.629. The Morgan fingerprint density at radius 3 is 2.58 bits per heavy atom. The molecule has 0 radical (unpaired) electrons. The van der Waals surface area contributed by atoms with E-state index in [0.29, 0.717) is 55.7 Å². The number of carbonyl (C=O) groups is 1. The predicted octanol–water partition coefficient (Wildman–Crippen LogP) is 3.71. The Morgan fingerprint density at radius 1 is 1.11 bits per heavy atom. The highest BCUT2D eigenvalue weighted by atomic mass is 19.1. The number of aromatic nitrogens is 3. The third kappa shape index (κ3) is 5.31. The topological polar surface area (TPSA) is 91.7 Å². The number of ether oxygens (including phenoxy) is 1. The summed E-state index contributed by atoms with van der Waals surface area (Å²) in [6.45, 7) is 5.81. The van der Waals surface area contributed by atoms with Crippen molar-refractivity contribution in [3.05, 3.63) is 65.4 Å². The summed E-state index contributed by atoms with van der Waals surface area (Å²) in [6.07, 6.45) is 4.86. The Hall–Kier alpha value is -3.66. The number of hydrogen-bond acceptors (Lipinski definition) is 7. The lowest BCUT2D eigenvalue weighted by Crippen LogP contribution is -2.39. The number of likely N-dealkylation sites (tertiary alicyclic amines) is 1. The van der Waals surface area contributed by atoms with Crippen molar-refractivity contribution >= 4 is 11.6 Å². The van der Waals surface area contributed by atoms with E-state index in [0.717, 1.165) is 30.3 Å². The Bertz CT molecular complexity index is 1310. The molecule has 0 bridgehead atoms. The van der Waals surface area contributed by atoms with Gasteiger partial charge in [-0.05, 0) is 56.4 Å². The Kier molecular flexibility index (Phi) is 7.51. The summed E-state index contributed by atoms with van der Waals surface area (Å²) in [7, 11) is 0. The zero-order valence-electron chi connectivity index (χ0n) is 21.5. The van der Waals surface area contributed by atoms with Gasteiger partial charge in [0, 0.05) is 36.6 Å². The molecule has 0 saturated carbocycles. The molecule has 2 aliphatic rings. The summed E-state index contributed by atoms with van der Waals surface area (Å²) >= 11 is 0. The number of nitrogens with zero attached hydrogens (tertiary/aromatic N) is 5. The van der Waals surface area contributed by atoms with Crippen molar-refractivity contribution in [3.8, 4) is 17.0 Å². The number of anilines is 1. The van der Waals surface area contributed by atoms with Gasteiger partial charge in [0.05, 0.1) is 24.8 Å². The molecule has 38 heavy (non-hydrogen) atoms. The smallest absolute Gasteiger partial charge is 0.248 e. The number of fused-ring (bicyclic) bond motifs is 1. The fourth-order valence-corrected chi connectivity index (χ4v) is 5.17. The molecule has 1 fully saturated rings. The maximum absolute atomic E-state index is 14.9. The van der Waals surface area contributed by atoms with Gasteiger partial charge in [-0.2, -0.15) is 0 Å². The van der Waals surface area contributed by atoms with Crippen molar-refractivity contribution < 1.29 is 23.4 Å². The number of hydrogen-bond donors (Lipinski definition) is 1. The van der Waals surface area contributed by atoms with E-state index in [4.69, 9.17) is 9.84 Å². The Morgan fingerprint density at radius 2 is 1.89 bits per heavy atom. The fraction of sp³-hybridized carbons (Fsp3) is 0.429. The average molecular weight is 524 g/mol. The van der Waals surface area contributed by atoms with Crippen LogP contribution in [0.5, 0.6) is 5.75 Å². The van der Waals surface area contributed by atoms with E-state index in [2.05, 4.69) is 15.0 Å². The van der Waals surface area contributed by atoms with Crippen LogP contribution >= 0.6 is 0 Å². The van der Waals surface area contributed by atoms with E-state index in [-0.39, 0.29) is 23.4 Å². The van der Waals surface area contributed by atoms with Gasteiger partial charge in [-0.15, -0.1) is 0 Å². The van der Waals surface area contributed by atoms with E-state index in [9.17, 15) is 13.6 Å². The summed E-state index contributed by atoms with van der Waals surface area (Å²) in [6, 6.07) is 7.02. The van der Waals surface area contributed by atoms with Crippen LogP contribution in [-0.4, -0.2) is 69.8 Å². The second kappa shape index (κ2) is 11.0. The molecule has 4 heterocycles. The van der Waals surface area contributed by atoms with Crippen molar-refractivity contribution in [3.63, 3.8) is 0 Å². The highest BCUT2D eigenvalue weighted by molar-refractivity contribution is 5.77. The number of halogens is 2. The molecule has 0 atom stereocenters. The molecule has 10 heteroatoms. The van der Waals surface area contributed by atoms with Gasteiger partial charge in [0.25, 0.3) is 0 Å². The van der Waals surface area contributed by atoms with E-state index in [1.54, 1.807) is 11.0 Å². The highest BCUT2D eigenvalue weighted by Crippen LogP contribution is 2.39. The first-order valence-corrected chi connectivity index (χ1v) is 12.9. The maximum atomic E-state index is 14.9. The minimum Gasteiger partial charge on any atom is -0.486 e. The van der Waals surface area contributed by atoms with Gasteiger partial charge >= 0.3 is 0 Å². The zero-order chi connectivity index (χ0) is 26.8. The van der Waals surface area contributed by atoms with Crippen LogP contribution in [0.15, 0.2) is 36.7 Å². The van der Waals surface area contributed by atoms with Crippen LogP contribution in [0.2, 0.25) is 0 Å². The molecule has 1 amide bonds. The molecule has 2 aromatic heterocycles. The van der Waals surface area contributed by atoms with Crippen LogP contribution in [0.25, 0.3) is 11.3 Å². The van der Waals surface area contributed by atoms with E-state index in [1.807, 2.05) is 37.1 Å². The van der Waals surface area contributed by atoms with E-state index < -0.39 is 18.2 Å². The second-order valence-corrected chi connectivity index (χ2v) is 10.00. The molecule has 8 nitrogen and oxygen atoms in total. The van der Waals surface area contributed by atoms with Crippen LogP contribution in [0.3, 0.4) is 0 Å². The summed E-state index contributed by atoms with van der Waals surface area (Å²) in [4.78, 5) is 28.6. The normalized spacial score (nSPS) is 15.9. The number of pyridine rings is 1. The largest absolute Gasteiger partial charge is 0.486 e. The lowest BCUT2D eigenvalue weighted by atomic mass is 9.90. The number of carbonyl (C=O) groups excluding carboxylic acids is 1. The van der Waals surface area contributed by atoms with Gasteiger partial charge in [0.2, 0.25) is 5.91 Å². The van der Waals surface area contributed by atoms with Gasteiger partial charge in [-0.25, -0.2) is 18.7 Å². The maximum Gasteiger partial charge on any atom is 0.248 e. The van der Waals surface area contributed by atoms with Crippen molar-refractivity contribution in [2.45, 2.75) is 45.1 Å². The van der Waals surface area contributed by atoms with Gasteiger partial charge in [-0.1, -0.05) is 6.07 Å². The number of aliphatic hydroxyl groups is 1. The first-order valence-electron chi connectivity index (χ1n) is 12.9. The van der Waals surface area contributed by atoms with E-state index >= 15 is 0 Å². The summed E-state index contributed by atoms with van der Waals surface area (Å²) < 4.78 is 35.3. The number of piperidine rings is 1. The molecule has 0 aliphatic carbocycles. The highest BCUT2D eigenvalue weighted by Gasteiger charge is 2.26. The molecule has 0 unspecified atom stereocenters. The summed E-state index contributed by atoms with van der Waals surface area (Å²) in [5, 5.41) is 9.05. The van der Waals surface area contributed by atoms with Gasteiger partial charge < -0.3 is 19.6 Å². The lowest BCUT2D eigenvalue weighted by molar-refractivity contribution is -0.135. The third-order valence-electron chi connectivity index (χ3n) is 7.24. The van der Waals surface area contributed by atoms with Gasteiger partial charge in [0.1, 0.15) is 24.7 Å². The molecule has 1 saturated heterocycles. The summed E-state index contributed by atoms with van der Waals surface area (Å²) in [5.74, 6) is -0.562. The first-order chi connectivity index (χ1) is 18.3. The third-order valence-corrected chi connectivity index (χ3v) is 7.24. The van der Waals surface area contributed by atoms with Crippen LogP contribution in [0, 0.1) is 11.6 Å².